The Labute approximate surface area is 221 Å². The predicted octanol–water partition coefficient (Wildman–Crippen LogP) is 3.89. The third-order valence-corrected chi connectivity index (χ3v) is 6.24. The van der Waals surface area contributed by atoms with Crippen molar-refractivity contribution in [2.75, 3.05) is 24.3 Å². The monoisotopic (exact) mass is 519 g/mol. The number of nitrogen functional groups attached to an aromatic ring is 1. The molecule has 1 aliphatic rings. The van der Waals surface area contributed by atoms with Crippen LogP contribution in [0.5, 0.6) is 5.75 Å². The van der Waals surface area contributed by atoms with E-state index in [1.165, 1.54) is 4.90 Å². The third-order valence-electron chi connectivity index (χ3n) is 5.96. The number of hydrogen-bond acceptors (Lipinski definition) is 7. The Morgan fingerprint density at radius 3 is 2.84 bits per heavy atom. The molecule has 1 amide bonds. The average molecular weight is 520 g/mol. The van der Waals surface area contributed by atoms with Crippen molar-refractivity contribution in [1.82, 2.24) is 25.3 Å². The Kier molecular flexibility index (Phi) is 7.81. The number of hydrogen-bond donors (Lipinski definition) is 3. The molecule has 0 bridgehead atoms. The number of carbonyl (C=O) groups is 1. The van der Waals surface area contributed by atoms with E-state index in [-0.39, 0.29) is 23.6 Å². The van der Waals surface area contributed by atoms with Crippen molar-refractivity contribution in [3.05, 3.63) is 57.3 Å². The molecular weight excluding hydrogens is 490 g/mol. The van der Waals surface area contributed by atoms with E-state index in [0.29, 0.717) is 34.4 Å². The largest absolute Gasteiger partial charge is 0.496 e. The van der Waals surface area contributed by atoms with Crippen molar-refractivity contribution < 1.29 is 9.53 Å². The summed E-state index contributed by atoms with van der Waals surface area (Å²) in [7, 11) is 1.61. The van der Waals surface area contributed by atoms with E-state index >= 15 is 0 Å². The number of pyridine rings is 1. The molecule has 0 aromatic carbocycles. The molecule has 3 aromatic heterocycles. The maximum atomic E-state index is 13.7. The minimum absolute atomic E-state index is 0.0154. The molecule has 4 heterocycles. The highest BCUT2D eigenvalue weighted by Crippen LogP contribution is 2.41. The quantitative estimate of drug-likeness (QED) is 0.187. The molecule has 0 saturated carbocycles. The zero-order chi connectivity index (χ0) is 26.7. The Bertz CT molecular complexity index is 1430. The summed E-state index contributed by atoms with van der Waals surface area (Å²) >= 11 is 6.47. The molecule has 0 unspecified atom stereocenters. The lowest BCUT2D eigenvalue weighted by atomic mass is 10.1. The molecule has 192 valence electrons. The summed E-state index contributed by atoms with van der Waals surface area (Å²) in [5.74, 6) is 7.08. The van der Waals surface area contributed by atoms with Crippen molar-refractivity contribution in [1.29, 1.82) is 0 Å². The number of H-pyrrole nitrogens is 1. The molecule has 37 heavy (non-hydrogen) atoms. The fraction of sp³-hybridized carbons (Fsp3) is 0.333. The number of aryl methyl sites for hydroxylation is 1. The first-order chi connectivity index (χ1) is 17.7. The summed E-state index contributed by atoms with van der Waals surface area (Å²) in [4.78, 5) is 31.3. The maximum absolute atomic E-state index is 13.7. The number of nitrogens with one attached hydrogen (secondary N) is 2. The number of anilines is 2. The van der Waals surface area contributed by atoms with Crippen molar-refractivity contribution in [3.63, 3.8) is 0 Å². The summed E-state index contributed by atoms with van der Waals surface area (Å²) in [6.45, 7) is 9.03. The van der Waals surface area contributed by atoms with Gasteiger partial charge in [-0.05, 0) is 26.0 Å². The molecule has 0 spiro atoms. The normalized spacial score (nSPS) is 13.8. The number of carbonyl (C=O) groups excluding carboxylic acids is 1. The van der Waals surface area contributed by atoms with Gasteiger partial charge in [0.2, 0.25) is 5.95 Å². The number of aromatic amines is 1. The van der Waals surface area contributed by atoms with Crippen LogP contribution in [-0.2, 0) is 11.3 Å². The molecule has 10 heteroatoms. The first-order valence-corrected chi connectivity index (χ1v) is 12.3. The van der Waals surface area contributed by atoms with Crippen LogP contribution < -0.4 is 20.7 Å². The van der Waals surface area contributed by atoms with Gasteiger partial charge in [-0.25, -0.2) is 4.98 Å². The number of ether oxygens (including phenoxy) is 1. The van der Waals surface area contributed by atoms with Crippen LogP contribution in [0.4, 0.5) is 11.8 Å². The van der Waals surface area contributed by atoms with Gasteiger partial charge < -0.3 is 20.8 Å². The lowest BCUT2D eigenvalue weighted by Crippen LogP contribution is -2.27. The number of nitrogens with two attached hydrogens (primary N) is 1. The maximum Gasteiger partial charge on any atom is 0.260 e. The van der Waals surface area contributed by atoms with Crippen LogP contribution in [0.2, 0.25) is 5.15 Å². The second kappa shape index (κ2) is 11.0. The minimum atomic E-state index is -0.278. The Hall–Kier alpha value is -3.87. The van der Waals surface area contributed by atoms with Crippen LogP contribution in [0.15, 0.2) is 18.5 Å². The minimum Gasteiger partial charge on any atom is -0.496 e. The van der Waals surface area contributed by atoms with Gasteiger partial charge in [0, 0.05) is 53.8 Å². The highest BCUT2D eigenvalue weighted by molar-refractivity contribution is 6.41. The van der Waals surface area contributed by atoms with Crippen LogP contribution in [0.1, 0.15) is 53.9 Å². The first-order valence-electron chi connectivity index (χ1n) is 12.0. The smallest absolute Gasteiger partial charge is 0.260 e. The van der Waals surface area contributed by atoms with Gasteiger partial charge in [0.05, 0.1) is 30.5 Å². The van der Waals surface area contributed by atoms with Gasteiger partial charge in [0.25, 0.3) is 5.91 Å². The molecule has 0 radical (unpaired) electrons. The van der Waals surface area contributed by atoms with E-state index in [1.54, 1.807) is 25.6 Å². The topological polar surface area (TPSA) is 122 Å². The molecule has 3 aromatic rings. The van der Waals surface area contributed by atoms with Gasteiger partial charge in [-0.2, -0.15) is 4.98 Å². The molecule has 0 saturated heterocycles. The van der Waals surface area contributed by atoms with Crippen LogP contribution in [0.3, 0.4) is 0 Å². The molecule has 4 rings (SSSR count). The second-order valence-corrected chi connectivity index (χ2v) is 9.43. The van der Waals surface area contributed by atoms with E-state index in [2.05, 4.69) is 50.9 Å². The molecule has 0 aliphatic carbocycles. The van der Waals surface area contributed by atoms with Gasteiger partial charge in [-0.1, -0.05) is 37.3 Å². The van der Waals surface area contributed by atoms with Gasteiger partial charge >= 0.3 is 0 Å². The number of methoxy groups -OCH3 is 1. The van der Waals surface area contributed by atoms with E-state index in [0.717, 1.165) is 35.4 Å². The summed E-state index contributed by atoms with van der Waals surface area (Å²) in [5.41, 5.74) is 10.6. The molecule has 0 fully saturated rings. The standard InChI is InChI=1S/C27H30ClN7O2/c1-15(2)30-9-7-6-8-18-10-19(31-13-18)11-20-22-24(28)33-27(29)34-25(22)35(26(20)36)14-21-17(4)23(37-5)16(3)12-32-21/h10-13,15,30-31H,7,9,14H2,1-5H3,(H2,29,33,34)/b20-11-. The van der Waals surface area contributed by atoms with Gasteiger partial charge in [0.15, 0.2) is 5.82 Å². The lowest BCUT2D eigenvalue weighted by Gasteiger charge is -2.19. The number of fused-ring (bicyclic) bond motifs is 1. The van der Waals surface area contributed by atoms with Crippen molar-refractivity contribution >= 4 is 40.9 Å². The van der Waals surface area contributed by atoms with Gasteiger partial charge in [-0.15, -0.1) is 0 Å². The highest BCUT2D eigenvalue weighted by Gasteiger charge is 2.37. The van der Waals surface area contributed by atoms with Crippen molar-refractivity contribution in [2.24, 2.45) is 0 Å². The fourth-order valence-electron chi connectivity index (χ4n) is 4.19. The Balaban J connectivity index is 1.66. The Morgan fingerprint density at radius 1 is 1.32 bits per heavy atom. The summed E-state index contributed by atoms with van der Waals surface area (Å²) in [6, 6.07) is 2.31. The Morgan fingerprint density at radius 2 is 2.11 bits per heavy atom. The highest BCUT2D eigenvalue weighted by atomic mass is 35.5. The number of aromatic nitrogens is 4. The number of halogens is 1. The molecule has 1 aliphatic heterocycles. The van der Waals surface area contributed by atoms with Gasteiger partial charge in [-0.3, -0.25) is 14.7 Å². The zero-order valence-electron chi connectivity index (χ0n) is 21.6. The van der Waals surface area contributed by atoms with E-state index < -0.39 is 0 Å². The van der Waals surface area contributed by atoms with Crippen molar-refractivity contribution in [2.45, 2.75) is 46.7 Å². The van der Waals surface area contributed by atoms with Crippen LogP contribution in [0.25, 0.3) is 11.6 Å². The predicted molar refractivity (Wildman–Crippen MR) is 146 cm³/mol. The molecule has 9 nitrogen and oxygen atoms in total. The first kappa shape index (κ1) is 26.2. The summed E-state index contributed by atoms with van der Waals surface area (Å²) in [5, 5.41) is 3.45. The van der Waals surface area contributed by atoms with E-state index in [4.69, 9.17) is 22.1 Å². The number of rotatable bonds is 7. The SMILES string of the molecule is COc1c(C)cnc(CN2C(=O)/C(=C\c3cc(C#CCCNC(C)C)c[nH]3)c3c(Cl)nc(N)nc32)c1C. The molecule has 4 N–H and O–H groups in total. The van der Waals surface area contributed by atoms with E-state index in [1.807, 2.05) is 19.9 Å². The van der Waals surface area contributed by atoms with Crippen LogP contribution >= 0.6 is 11.6 Å². The second-order valence-electron chi connectivity index (χ2n) is 9.07. The number of amides is 1. The van der Waals surface area contributed by atoms with Crippen molar-refractivity contribution in [3.8, 4) is 17.6 Å². The molecular formula is C27H30ClN7O2. The fourth-order valence-corrected chi connectivity index (χ4v) is 4.46. The van der Waals surface area contributed by atoms with E-state index in [9.17, 15) is 4.79 Å². The third kappa shape index (κ3) is 5.61. The summed E-state index contributed by atoms with van der Waals surface area (Å²) < 4.78 is 5.53. The summed E-state index contributed by atoms with van der Waals surface area (Å²) in [6.07, 6.45) is 6.00. The zero-order valence-corrected chi connectivity index (χ0v) is 22.3. The number of nitrogens with zero attached hydrogens (tertiary/aromatic N) is 4. The lowest BCUT2D eigenvalue weighted by molar-refractivity contribution is -0.113. The van der Waals surface area contributed by atoms with Crippen LogP contribution in [-0.4, -0.2) is 45.5 Å². The molecule has 0 atom stereocenters. The van der Waals surface area contributed by atoms with Gasteiger partial charge in [0.1, 0.15) is 10.9 Å². The average Bonchev–Trinajstić information content (AvgIpc) is 3.38. The van der Waals surface area contributed by atoms with Crippen LogP contribution in [0, 0.1) is 25.7 Å².